The van der Waals surface area contributed by atoms with Gasteiger partial charge in [-0.2, -0.15) is 0 Å². The van der Waals surface area contributed by atoms with Crippen molar-refractivity contribution in [3.05, 3.63) is 46.9 Å². The molecule has 6 nitrogen and oxygen atoms in total. The van der Waals surface area contributed by atoms with Crippen molar-refractivity contribution in [3.8, 4) is 22.6 Å². The quantitative estimate of drug-likeness (QED) is 0.851. The second-order valence-electron chi connectivity index (χ2n) is 4.20. The first-order chi connectivity index (χ1) is 10.1. The highest BCUT2D eigenvalue weighted by atomic mass is 16.5. The Bertz CT molecular complexity index is 696. The largest absolute Gasteiger partial charge is 0.493 e. The van der Waals surface area contributed by atoms with E-state index in [-0.39, 0.29) is 11.3 Å². The van der Waals surface area contributed by atoms with Crippen LogP contribution in [0.3, 0.4) is 0 Å². The van der Waals surface area contributed by atoms with E-state index in [0.29, 0.717) is 22.6 Å². The molecule has 6 heteroatoms. The molecule has 108 valence electrons. The van der Waals surface area contributed by atoms with Crippen molar-refractivity contribution in [1.29, 1.82) is 0 Å². The number of carboxylic acids is 1. The highest BCUT2D eigenvalue weighted by molar-refractivity contribution is 5.90. The van der Waals surface area contributed by atoms with Crippen LogP contribution < -0.4 is 9.47 Å². The minimum Gasteiger partial charge on any atom is -0.493 e. The minimum absolute atomic E-state index is 0.124. The van der Waals surface area contributed by atoms with E-state index in [4.69, 9.17) is 14.6 Å². The zero-order valence-electron chi connectivity index (χ0n) is 11.5. The zero-order chi connectivity index (χ0) is 15.4. The summed E-state index contributed by atoms with van der Waals surface area (Å²) in [6.45, 7) is 0. The lowest BCUT2D eigenvalue weighted by atomic mass is 10.0. The molecule has 0 aliphatic heterocycles. The third-order valence-electron chi connectivity index (χ3n) is 3.02. The summed E-state index contributed by atoms with van der Waals surface area (Å²) in [7, 11) is 2.93. The van der Waals surface area contributed by atoms with E-state index in [1.807, 2.05) is 0 Å². The molecule has 0 saturated carbocycles. The second-order valence-corrected chi connectivity index (χ2v) is 4.20. The van der Waals surface area contributed by atoms with E-state index in [9.17, 15) is 9.70 Å². The van der Waals surface area contributed by atoms with Crippen LogP contribution in [0.1, 0.15) is 10.4 Å². The molecule has 21 heavy (non-hydrogen) atoms. The molecule has 0 aromatic heterocycles. The maximum atomic E-state index is 11.0. The number of ether oxygens (including phenoxy) is 2. The van der Waals surface area contributed by atoms with Gasteiger partial charge in [0.2, 0.25) is 0 Å². The Hall–Kier alpha value is -2.89. The van der Waals surface area contributed by atoms with E-state index in [0.717, 1.165) is 0 Å². The molecule has 0 spiro atoms. The lowest BCUT2D eigenvalue weighted by Crippen LogP contribution is -1.96. The van der Waals surface area contributed by atoms with Gasteiger partial charge < -0.3 is 14.6 Å². The number of benzene rings is 2. The fourth-order valence-corrected chi connectivity index (χ4v) is 1.99. The van der Waals surface area contributed by atoms with Gasteiger partial charge in [-0.3, -0.25) is 0 Å². The van der Waals surface area contributed by atoms with Crippen molar-refractivity contribution < 1.29 is 19.4 Å². The van der Waals surface area contributed by atoms with Gasteiger partial charge in [-0.25, -0.2) is 4.79 Å². The number of rotatable bonds is 5. The van der Waals surface area contributed by atoms with Crippen molar-refractivity contribution in [2.75, 3.05) is 14.2 Å². The molecule has 0 aliphatic carbocycles. The Morgan fingerprint density at radius 1 is 1.10 bits per heavy atom. The van der Waals surface area contributed by atoms with Crippen LogP contribution in [-0.2, 0) is 0 Å². The number of aromatic carboxylic acids is 1. The molecule has 2 aromatic rings. The van der Waals surface area contributed by atoms with Gasteiger partial charge >= 0.3 is 5.97 Å². The SMILES string of the molecule is COc1cc(N=O)c(-c2cccc(C(=O)O)c2)cc1OC. The Balaban J connectivity index is 2.64. The number of methoxy groups -OCH3 is 2. The number of nitroso groups, excluding NO2 is 1. The molecule has 2 rings (SSSR count). The number of hydrogen-bond donors (Lipinski definition) is 1. The van der Waals surface area contributed by atoms with Gasteiger partial charge in [-0.15, -0.1) is 4.91 Å². The van der Waals surface area contributed by atoms with Crippen LogP contribution in [0.4, 0.5) is 5.69 Å². The van der Waals surface area contributed by atoms with Gasteiger partial charge in [0, 0.05) is 11.6 Å². The van der Waals surface area contributed by atoms with Crippen LogP contribution >= 0.6 is 0 Å². The molecule has 0 unspecified atom stereocenters. The third-order valence-corrected chi connectivity index (χ3v) is 3.02. The molecule has 0 fully saturated rings. The van der Waals surface area contributed by atoms with Crippen molar-refractivity contribution in [3.63, 3.8) is 0 Å². The Morgan fingerprint density at radius 3 is 2.33 bits per heavy atom. The summed E-state index contributed by atoms with van der Waals surface area (Å²) in [6.07, 6.45) is 0. The van der Waals surface area contributed by atoms with Crippen molar-refractivity contribution >= 4 is 11.7 Å². The molecular weight excluding hydrogens is 274 g/mol. The van der Waals surface area contributed by atoms with Crippen LogP contribution in [-0.4, -0.2) is 25.3 Å². The fourth-order valence-electron chi connectivity index (χ4n) is 1.99. The zero-order valence-corrected chi connectivity index (χ0v) is 11.5. The molecular formula is C15H13NO5. The minimum atomic E-state index is -1.04. The van der Waals surface area contributed by atoms with E-state index in [1.54, 1.807) is 18.2 Å². The summed E-state index contributed by atoms with van der Waals surface area (Å²) in [5.74, 6) is -0.233. The summed E-state index contributed by atoms with van der Waals surface area (Å²) in [6, 6.07) is 9.29. The predicted molar refractivity (Wildman–Crippen MR) is 77.4 cm³/mol. The first-order valence-corrected chi connectivity index (χ1v) is 6.03. The third kappa shape index (κ3) is 2.84. The summed E-state index contributed by atoms with van der Waals surface area (Å²) in [4.78, 5) is 22.1. The molecule has 0 bridgehead atoms. The molecule has 1 N–H and O–H groups in total. The van der Waals surface area contributed by atoms with Gasteiger partial charge in [0.15, 0.2) is 11.5 Å². The van der Waals surface area contributed by atoms with Crippen LogP contribution in [0.25, 0.3) is 11.1 Å². The monoisotopic (exact) mass is 287 g/mol. The molecule has 0 atom stereocenters. The maximum absolute atomic E-state index is 11.0. The highest BCUT2D eigenvalue weighted by Crippen LogP contribution is 2.40. The van der Waals surface area contributed by atoms with Gasteiger partial charge in [0.1, 0.15) is 5.69 Å². The molecule has 2 aromatic carbocycles. The van der Waals surface area contributed by atoms with E-state index in [1.165, 1.54) is 32.4 Å². The molecule has 0 radical (unpaired) electrons. The molecule has 0 amide bonds. The van der Waals surface area contributed by atoms with Crippen molar-refractivity contribution in [2.24, 2.45) is 5.18 Å². The Labute approximate surface area is 120 Å². The van der Waals surface area contributed by atoms with Crippen LogP contribution in [0.5, 0.6) is 11.5 Å². The normalized spacial score (nSPS) is 10.0. The van der Waals surface area contributed by atoms with Gasteiger partial charge in [0.05, 0.1) is 19.8 Å². The average Bonchev–Trinajstić information content (AvgIpc) is 2.53. The standard InChI is InChI=1S/C15H13NO5/c1-20-13-7-11(12(16-19)8-14(13)21-2)9-4-3-5-10(6-9)15(17)18/h3-8H,1-2H3,(H,17,18). The van der Waals surface area contributed by atoms with Crippen molar-refractivity contribution in [2.45, 2.75) is 0 Å². The van der Waals surface area contributed by atoms with Crippen molar-refractivity contribution in [1.82, 2.24) is 0 Å². The molecule has 0 heterocycles. The molecule has 0 saturated heterocycles. The van der Waals surface area contributed by atoms with E-state index >= 15 is 0 Å². The number of carbonyl (C=O) groups is 1. The lowest BCUT2D eigenvalue weighted by molar-refractivity contribution is 0.0697. The first kappa shape index (κ1) is 14.5. The maximum Gasteiger partial charge on any atom is 0.335 e. The second kappa shape index (κ2) is 6.04. The lowest BCUT2D eigenvalue weighted by Gasteiger charge is -2.12. The summed E-state index contributed by atoms with van der Waals surface area (Å²) in [5.41, 5.74) is 1.31. The van der Waals surface area contributed by atoms with Gasteiger partial charge in [-0.05, 0) is 28.9 Å². The van der Waals surface area contributed by atoms with E-state index < -0.39 is 5.97 Å². The number of hydrogen-bond acceptors (Lipinski definition) is 5. The fraction of sp³-hybridized carbons (Fsp3) is 0.133. The van der Waals surface area contributed by atoms with Gasteiger partial charge in [-0.1, -0.05) is 12.1 Å². The van der Waals surface area contributed by atoms with Crippen LogP contribution in [0.2, 0.25) is 0 Å². The summed E-state index contributed by atoms with van der Waals surface area (Å²) >= 11 is 0. The number of nitrogens with zero attached hydrogens (tertiary/aromatic N) is 1. The number of carboxylic acid groups (broad SMARTS) is 1. The predicted octanol–water partition coefficient (Wildman–Crippen LogP) is 3.47. The van der Waals surface area contributed by atoms with E-state index in [2.05, 4.69) is 5.18 Å². The topological polar surface area (TPSA) is 85.2 Å². The Morgan fingerprint density at radius 2 is 1.76 bits per heavy atom. The highest BCUT2D eigenvalue weighted by Gasteiger charge is 2.14. The summed E-state index contributed by atoms with van der Waals surface area (Å²) < 4.78 is 10.3. The summed E-state index contributed by atoms with van der Waals surface area (Å²) in [5, 5.41) is 12.0. The average molecular weight is 287 g/mol. The Kier molecular flexibility index (Phi) is 4.18. The van der Waals surface area contributed by atoms with Crippen LogP contribution in [0, 0.1) is 4.91 Å². The smallest absolute Gasteiger partial charge is 0.335 e. The van der Waals surface area contributed by atoms with Crippen LogP contribution in [0.15, 0.2) is 41.6 Å². The van der Waals surface area contributed by atoms with Gasteiger partial charge in [0.25, 0.3) is 0 Å². The first-order valence-electron chi connectivity index (χ1n) is 6.03. The molecule has 0 aliphatic rings.